The van der Waals surface area contributed by atoms with Gasteiger partial charge in [0.25, 0.3) is 0 Å². The predicted octanol–water partition coefficient (Wildman–Crippen LogP) is 17.2. The molecule has 7 aromatic heterocycles. The van der Waals surface area contributed by atoms with E-state index in [-0.39, 0.29) is 73.8 Å². The number of fused-ring (bicyclic) bond motifs is 4. The highest BCUT2D eigenvalue weighted by Crippen LogP contribution is 2.57. The van der Waals surface area contributed by atoms with Crippen molar-refractivity contribution < 1.29 is 28.6 Å². The van der Waals surface area contributed by atoms with Crippen molar-refractivity contribution in [1.82, 2.24) is 134 Å². The van der Waals surface area contributed by atoms with Gasteiger partial charge in [-0.1, -0.05) is 280 Å². The van der Waals surface area contributed by atoms with Crippen LogP contribution in [0.2, 0.25) is 0 Å². The molecule has 1 unspecified atom stereocenters. The SMILES string of the molecule is CC(C)(C)c1cn(C23CCN(CC2)CC3)nn1.CC(C)(C)c1cn(C2CC2)nn1.CC(C)(C)c1cn(C2CCN(C(=O)OCc3ccccc3)CC2)nn1.CC(C)(C)c1cn(C2[C@H]3CN(C4CC4)C[C@@H]23)nn1.CC(C)(C)c1cn([C@@H]2CCN(C(=O)OCc3ccccc3)C2)nn1.CC(C)(C)c1cn([C@H]2CCN(C(=O)OCc3ccccc3)C2)nn1.CCN1CC[C@H](n2cc(C(C)(C)C)nn2)C1. The Morgan fingerprint density at radius 3 is 0.904 bits per heavy atom. The Hall–Kier alpha value is -10.7. The Morgan fingerprint density at radius 1 is 0.309 bits per heavy atom. The number of amides is 3. The summed E-state index contributed by atoms with van der Waals surface area (Å²) in [4.78, 5) is 49.6. The van der Waals surface area contributed by atoms with Crippen LogP contribution in [0.4, 0.5) is 14.4 Å². The van der Waals surface area contributed by atoms with E-state index in [1.54, 1.807) is 14.7 Å². The lowest BCUT2D eigenvalue weighted by molar-refractivity contribution is 0.0252. The second-order valence-electron chi connectivity index (χ2n) is 46.3. The van der Waals surface area contributed by atoms with Crippen LogP contribution < -0.4 is 0 Å². The van der Waals surface area contributed by atoms with E-state index in [9.17, 15) is 14.4 Å². The molecule has 6 atom stereocenters. The summed E-state index contributed by atoms with van der Waals surface area (Å²) in [6.45, 7) is 62.1. The molecule has 0 N–H and O–H groups in total. The smallest absolute Gasteiger partial charge is 0.410 e. The molecule has 11 fully saturated rings. The monoisotopic (exact) mass is 1870 g/mol. The van der Waals surface area contributed by atoms with Gasteiger partial charge in [-0.25, -0.2) is 47.2 Å². The largest absolute Gasteiger partial charge is 0.445 e. The number of aromatic nitrogens is 21. The fourth-order valence-corrected chi connectivity index (χ4v) is 18.1. The van der Waals surface area contributed by atoms with Gasteiger partial charge >= 0.3 is 18.3 Å². The lowest BCUT2D eigenvalue weighted by Gasteiger charge is -2.48. The number of ether oxygens (including phenoxy) is 3. The molecular weight excluding hydrogens is 1710 g/mol. The number of rotatable bonds is 15. The predicted molar refractivity (Wildman–Crippen MR) is 524 cm³/mol. The van der Waals surface area contributed by atoms with Crippen molar-refractivity contribution in [2.45, 2.75) is 335 Å². The van der Waals surface area contributed by atoms with Crippen LogP contribution >= 0.6 is 0 Å². The first-order chi connectivity index (χ1) is 64.4. The number of carbonyl (C=O) groups is 3. The number of benzene rings is 3. The summed E-state index contributed by atoms with van der Waals surface area (Å²) < 4.78 is 30.3. The third kappa shape index (κ3) is 27.2. The molecule has 21 rings (SSSR count). The van der Waals surface area contributed by atoms with Gasteiger partial charge in [0.1, 0.15) is 19.8 Å². The van der Waals surface area contributed by atoms with Crippen LogP contribution in [0.25, 0.3) is 0 Å². The van der Waals surface area contributed by atoms with E-state index in [4.69, 9.17) is 14.2 Å². The van der Waals surface area contributed by atoms with E-state index >= 15 is 0 Å². The van der Waals surface area contributed by atoms with Crippen LogP contribution in [0, 0.1) is 11.8 Å². The average Bonchev–Trinajstić information content (AvgIpc) is 1.55. The molecule has 0 radical (unpaired) electrons. The first kappa shape index (κ1) is 101. The van der Waals surface area contributed by atoms with E-state index in [1.807, 2.05) is 128 Å². The molecule has 3 saturated carbocycles. The minimum atomic E-state index is -0.266. The van der Waals surface area contributed by atoms with Crippen molar-refractivity contribution in [3.63, 3.8) is 0 Å². The van der Waals surface area contributed by atoms with Crippen molar-refractivity contribution in [3.8, 4) is 0 Å². The molecule has 3 aromatic carbocycles. The Bertz CT molecular complexity index is 5280. The van der Waals surface area contributed by atoms with Crippen LogP contribution in [-0.4, -0.2) is 250 Å². The molecule has 8 saturated heterocycles. The topological polar surface area (TPSA) is 313 Å². The average molecular weight is 1870 g/mol. The maximum atomic E-state index is 12.2. The first-order valence-electron chi connectivity index (χ1n) is 49.9. The van der Waals surface area contributed by atoms with Crippen LogP contribution in [-0.2, 0) is 77.5 Å². The van der Waals surface area contributed by atoms with Gasteiger partial charge in [-0.3, -0.25) is 4.90 Å². The number of likely N-dealkylation sites (N-methyl/N-ethyl adjacent to an activating group) is 1. The van der Waals surface area contributed by atoms with Crippen molar-refractivity contribution in [3.05, 3.63) is 191 Å². The van der Waals surface area contributed by atoms with Crippen molar-refractivity contribution in [1.29, 1.82) is 0 Å². The summed E-state index contributed by atoms with van der Waals surface area (Å²) in [5.74, 6) is 1.69. The number of nitrogens with zero attached hydrogens (tertiary/aromatic N) is 27. The molecule has 3 aliphatic carbocycles. The molecule has 33 nitrogen and oxygen atoms in total. The lowest BCUT2D eigenvalue weighted by atomic mass is 9.80. The zero-order valence-corrected chi connectivity index (χ0v) is 85.4. The number of piperidine rings is 5. The molecule has 0 spiro atoms. The first-order valence-corrected chi connectivity index (χ1v) is 49.9. The normalized spacial score (nSPS) is 22.5. The van der Waals surface area contributed by atoms with E-state index in [0.717, 1.165) is 113 Å². The molecule has 2 bridgehead atoms. The van der Waals surface area contributed by atoms with Gasteiger partial charge < -0.3 is 38.7 Å². The zero-order chi connectivity index (χ0) is 97.3. The molecular formula is C103H155N27O6. The Labute approximate surface area is 806 Å². The summed E-state index contributed by atoms with van der Waals surface area (Å²) in [5.41, 5.74) is 11.0. The van der Waals surface area contributed by atoms with Gasteiger partial charge in [-0.2, -0.15) is 0 Å². The summed E-state index contributed by atoms with van der Waals surface area (Å²) in [7, 11) is 0. The Kier molecular flexibility index (Phi) is 31.8. The van der Waals surface area contributed by atoms with Gasteiger partial charge in [0.05, 0.1) is 81.6 Å². The Balaban J connectivity index is 0.000000128. The fraction of sp³-hybridized carbons (Fsp3) is 0.660. The summed E-state index contributed by atoms with van der Waals surface area (Å²) in [6.07, 6.45) is 27.6. The molecule has 10 aromatic rings. The van der Waals surface area contributed by atoms with Gasteiger partial charge in [0, 0.05) is 184 Å². The molecule has 8 aliphatic heterocycles. The second kappa shape index (κ2) is 42.7. The van der Waals surface area contributed by atoms with Crippen molar-refractivity contribution in [2.24, 2.45) is 11.8 Å². The molecule has 33 heteroatoms. The quantitative estimate of drug-likeness (QED) is 0.0861. The van der Waals surface area contributed by atoms with Gasteiger partial charge in [-0.15, -0.1) is 35.7 Å². The highest BCUT2D eigenvalue weighted by Gasteiger charge is 2.59. The molecule has 136 heavy (non-hydrogen) atoms. The lowest BCUT2D eigenvalue weighted by Crippen LogP contribution is -2.53. The van der Waals surface area contributed by atoms with E-state index < -0.39 is 0 Å². The molecule has 3 amide bonds. The Morgan fingerprint density at radius 2 is 0.588 bits per heavy atom. The van der Waals surface area contributed by atoms with Crippen molar-refractivity contribution >= 4 is 18.3 Å². The summed E-state index contributed by atoms with van der Waals surface area (Å²) >= 11 is 0. The number of hydrogen-bond donors (Lipinski definition) is 0. The maximum absolute atomic E-state index is 12.2. The van der Waals surface area contributed by atoms with E-state index in [1.165, 1.54) is 90.6 Å². The van der Waals surface area contributed by atoms with Crippen LogP contribution in [0.1, 0.15) is 322 Å². The maximum Gasteiger partial charge on any atom is 0.410 e. The third-order valence-electron chi connectivity index (χ3n) is 27.9. The van der Waals surface area contributed by atoms with Crippen LogP contribution in [0.15, 0.2) is 134 Å². The fourth-order valence-electron chi connectivity index (χ4n) is 18.1. The van der Waals surface area contributed by atoms with Crippen molar-refractivity contribution in [2.75, 3.05) is 91.6 Å². The zero-order valence-electron chi connectivity index (χ0n) is 85.4. The third-order valence-corrected chi connectivity index (χ3v) is 27.9. The highest BCUT2D eigenvalue weighted by molar-refractivity contribution is 5.69. The minimum Gasteiger partial charge on any atom is -0.445 e. The van der Waals surface area contributed by atoms with E-state index in [0.29, 0.717) is 83.3 Å². The van der Waals surface area contributed by atoms with Gasteiger partial charge in [-0.05, 0) is 100 Å². The number of carbonyl (C=O) groups excluding carboxylic acids is 3. The standard InChI is InChI=1S/C19H26N4O2.2C18H24N4O2.C14H22N4.C13H22N4.C12H22N4.C9H15N3/c1-19(2,3)17-13-23(21-20-17)16-9-11-22(12-10-16)18(24)25-14-15-7-5-4-6-8-15;2*1-18(2,3)16-12-22(20-19-16)15-9-10-21(11-15)17(23)24-13-14-7-5-4-6-8-14;1-14(2,3)12-8-18(16-15-12)13-10-6-17(7-11(10)13)9-4-5-9;1-12(2,3)11-10-17(15-14-11)13-4-7-16(8-5-13)9-6-13;1-5-15-7-6-10(8-15)16-9-11(13-14-16)12(2,3)4;1-9(2,3)8-6-12(11-10-8)7-4-5-7/h4-8,13,16H,9-12,14H2,1-3H3;2*4-8,12,15H,9-11,13H2,1-3H3;8-11,13H,4-7H2,1-3H3;10H,4-9H2,1-3H3;9-10H,5-8H2,1-4H3;6-7H,4-5H2,1-3H3/t;2*15-;10-,11+,13?;;10-;/m.10..0./s1. The second-order valence-corrected chi connectivity index (χ2v) is 46.3. The minimum absolute atomic E-state index is 0.000195. The summed E-state index contributed by atoms with van der Waals surface area (Å²) in [5, 5.41) is 59.9. The van der Waals surface area contributed by atoms with Crippen LogP contribution in [0.5, 0.6) is 0 Å². The van der Waals surface area contributed by atoms with E-state index in [2.05, 4.69) is 278 Å². The highest BCUT2D eigenvalue weighted by atomic mass is 16.6. The number of likely N-dealkylation sites (tertiary alicyclic amines) is 5. The van der Waals surface area contributed by atoms with Crippen LogP contribution in [0.3, 0.4) is 0 Å². The number of hydrogen-bond acceptors (Lipinski definition) is 23. The van der Waals surface area contributed by atoms with Gasteiger partial charge in [0.15, 0.2) is 0 Å². The molecule has 738 valence electrons. The molecule has 15 heterocycles. The molecule has 11 aliphatic rings. The summed E-state index contributed by atoms with van der Waals surface area (Å²) in [6, 6.07) is 32.5. The van der Waals surface area contributed by atoms with Gasteiger partial charge in [0.2, 0.25) is 0 Å².